The molecule has 0 unspecified atom stereocenters. The maximum atomic E-state index is 12.2. The molecular weight excluding hydrogens is 348 g/mol. The zero-order chi connectivity index (χ0) is 19.3. The maximum Gasteiger partial charge on any atom is 0.387 e. The van der Waals surface area contributed by atoms with Crippen molar-refractivity contribution in [2.75, 3.05) is 0 Å². The molecule has 2 rings (SSSR count). The summed E-state index contributed by atoms with van der Waals surface area (Å²) in [5.74, 6) is 0.209. The standard InChI is InChI=1S/C20H20F4O2/c1-13(14-4-8-16(9-5-14)25-18(21)22)12-20(2,3)15-6-10-17(11-7-15)26-19(23)24/h4-12,18-19H,1-3H3. The van der Waals surface area contributed by atoms with Crippen LogP contribution in [-0.2, 0) is 5.41 Å². The SMILES string of the molecule is CC(=CC(C)(C)c1ccc(OC(F)F)cc1)c1ccc(OC(F)F)cc1. The quantitative estimate of drug-likeness (QED) is 0.536. The van der Waals surface area contributed by atoms with E-state index in [1.165, 1.54) is 24.3 Å². The summed E-state index contributed by atoms with van der Waals surface area (Å²) in [4.78, 5) is 0. The van der Waals surface area contributed by atoms with Crippen LogP contribution >= 0.6 is 0 Å². The van der Waals surface area contributed by atoms with Crippen LogP contribution in [0.15, 0.2) is 54.6 Å². The molecule has 0 bridgehead atoms. The number of benzene rings is 2. The van der Waals surface area contributed by atoms with E-state index in [1.54, 1.807) is 24.3 Å². The van der Waals surface area contributed by atoms with E-state index in [1.807, 2.05) is 26.8 Å². The van der Waals surface area contributed by atoms with Gasteiger partial charge in [0.05, 0.1) is 0 Å². The van der Waals surface area contributed by atoms with Crippen LogP contribution in [-0.4, -0.2) is 13.2 Å². The van der Waals surface area contributed by atoms with Gasteiger partial charge in [-0.15, -0.1) is 0 Å². The molecule has 0 aliphatic heterocycles. The Bertz CT molecular complexity index is 735. The molecule has 0 aliphatic rings. The first-order chi connectivity index (χ1) is 12.2. The molecular formula is C20H20F4O2. The second-order valence-electron chi connectivity index (χ2n) is 6.35. The first kappa shape index (κ1) is 19.8. The average molecular weight is 368 g/mol. The van der Waals surface area contributed by atoms with Crippen molar-refractivity contribution in [3.05, 3.63) is 65.7 Å². The fourth-order valence-electron chi connectivity index (χ4n) is 2.67. The fourth-order valence-corrected chi connectivity index (χ4v) is 2.67. The molecule has 0 fully saturated rings. The average Bonchev–Trinajstić information content (AvgIpc) is 2.54. The van der Waals surface area contributed by atoms with Crippen molar-refractivity contribution < 1.29 is 27.0 Å². The summed E-state index contributed by atoms with van der Waals surface area (Å²) in [5.41, 5.74) is 2.38. The van der Waals surface area contributed by atoms with Gasteiger partial charge in [0.15, 0.2) is 0 Å². The molecule has 0 aromatic heterocycles. The van der Waals surface area contributed by atoms with Gasteiger partial charge in [-0.3, -0.25) is 0 Å². The summed E-state index contributed by atoms with van der Waals surface area (Å²) >= 11 is 0. The summed E-state index contributed by atoms with van der Waals surface area (Å²) < 4.78 is 57.6. The third-order valence-electron chi connectivity index (χ3n) is 3.94. The first-order valence-electron chi connectivity index (χ1n) is 7.97. The van der Waals surface area contributed by atoms with Gasteiger partial charge in [0.2, 0.25) is 0 Å². The molecule has 2 nitrogen and oxygen atoms in total. The number of hydrogen-bond donors (Lipinski definition) is 0. The minimum Gasteiger partial charge on any atom is -0.435 e. The second kappa shape index (κ2) is 8.25. The molecule has 6 heteroatoms. The third kappa shape index (κ3) is 5.51. The minimum absolute atomic E-state index is 0.102. The lowest BCUT2D eigenvalue weighted by Gasteiger charge is -2.23. The Labute approximate surface area is 150 Å². The lowest BCUT2D eigenvalue weighted by molar-refractivity contribution is -0.0505. The summed E-state index contributed by atoms with van der Waals surface area (Å²) in [5, 5.41) is 0. The van der Waals surface area contributed by atoms with Crippen LogP contribution in [0.4, 0.5) is 17.6 Å². The van der Waals surface area contributed by atoms with Gasteiger partial charge in [-0.05, 0) is 47.9 Å². The van der Waals surface area contributed by atoms with Crippen molar-refractivity contribution in [1.29, 1.82) is 0 Å². The lowest BCUT2D eigenvalue weighted by atomic mass is 9.82. The highest BCUT2D eigenvalue weighted by atomic mass is 19.3. The Morgan fingerprint density at radius 1 is 0.808 bits per heavy atom. The zero-order valence-electron chi connectivity index (χ0n) is 14.7. The molecule has 0 saturated carbocycles. The zero-order valence-corrected chi connectivity index (χ0v) is 14.7. The molecule has 0 atom stereocenters. The van der Waals surface area contributed by atoms with Gasteiger partial charge in [0.1, 0.15) is 11.5 Å². The van der Waals surface area contributed by atoms with Crippen LogP contribution in [0, 0.1) is 0 Å². The van der Waals surface area contributed by atoms with E-state index in [9.17, 15) is 17.6 Å². The molecule has 0 amide bonds. The Hall–Kier alpha value is -2.50. The molecule has 0 radical (unpaired) electrons. The first-order valence-corrected chi connectivity index (χ1v) is 7.97. The third-order valence-corrected chi connectivity index (χ3v) is 3.94. The molecule has 0 saturated heterocycles. The Morgan fingerprint density at radius 3 is 1.65 bits per heavy atom. The molecule has 0 aliphatic carbocycles. The molecule has 2 aromatic carbocycles. The van der Waals surface area contributed by atoms with Crippen molar-refractivity contribution in [2.24, 2.45) is 0 Å². The van der Waals surface area contributed by atoms with E-state index >= 15 is 0 Å². The van der Waals surface area contributed by atoms with Crippen LogP contribution in [0.5, 0.6) is 11.5 Å². The normalized spacial score (nSPS) is 12.6. The van der Waals surface area contributed by atoms with Crippen molar-refractivity contribution in [2.45, 2.75) is 39.4 Å². The number of hydrogen-bond acceptors (Lipinski definition) is 2. The van der Waals surface area contributed by atoms with Crippen molar-refractivity contribution in [3.63, 3.8) is 0 Å². The van der Waals surface area contributed by atoms with Crippen molar-refractivity contribution >= 4 is 5.57 Å². The molecule has 0 spiro atoms. The smallest absolute Gasteiger partial charge is 0.387 e. The van der Waals surface area contributed by atoms with Crippen LogP contribution < -0.4 is 9.47 Å². The maximum absolute atomic E-state index is 12.2. The summed E-state index contributed by atoms with van der Waals surface area (Å²) in [6.07, 6.45) is 2.03. The van der Waals surface area contributed by atoms with Crippen LogP contribution in [0.3, 0.4) is 0 Å². The highest BCUT2D eigenvalue weighted by Gasteiger charge is 2.19. The Morgan fingerprint density at radius 2 is 1.23 bits per heavy atom. The van der Waals surface area contributed by atoms with Gasteiger partial charge in [-0.25, -0.2) is 0 Å². The van der Waals surface area contributed by atoms with E-state index in [4.69, 9.17) is 0 Å². The highest BCUT2D eigenvalue weighted by molar-refractivity contribution is 5.66. The van der Waals surface area contributed by atoms with Crippen molar-refractivity contribution in [1.82, 2.24) is 0 Å². The van der Waals surface area contributed by atoms with Gasteiger partial charge in [-0.2, -0.15) is 17.6 Å². The molecule has 0 N–H and O–H groups in total. The van der Waals surface area contributed by atoms with E-state index in [-0.39, 0.29) is 16.9 Å². The summed E-state index contributed by atoms with van der Waals surface area (Å²) in [6.45, 7) is 0.196. The van der Waals surface area contributed by atoms with Gasteiger partial charge in [0, 0.05) is 5.41 Å². The monoisotopic (exact) mass is 368 g/mol. The molecule has 0 heterocycles. The summed E-state index contributed by atoms with van der Waals surface area (Å²) in [6, 6.07) is 12.9. The van der Waals surface area contributed by atoms with Gasteiger partial charge in [-0.1, -0.05) is 44.2 Å². The van der Waals surface area contributed by atoms with E-state index in [2.05, 4.69) is 9.47 Å². The number of ether oxygens (including phenoxy) is 2. The minimum atomic E-state index is -2.85. The number of rotatable bonds is 7. The highest BCUT2D eigenvalue weighted by Crippen LogP contribution is 2.31. The number of allylic oxidation sites excluding steroid dienone is 2. The number of alkyl halides is 4. The predicted octanol–water partition coefficient (Wildman–Crippen LogP) is 6.27. The van der Waals surface area contributed by atoms with Crippen LogP contribution in [0.2, 0.25) is 0 Å². The van der Waals surface area contributed by atoms with E-state index in [0.717, 1.165) is 16.7 Å². The molecule has 2 aromatic rings. The second-order valence-corrected chi connectivity index (χ2v) is 6.35. The topological polar surface area (TPSA) is 18.5 Å². The largest absolute Gasteiger partial charge is 0.435 e. The van der Waals surface area contributed by atoms with E-state index < -0.39 is 13.2 Å². The Kier molecular flexibility index (Phi) is 6.29. The Balaban J connectivity index is 2.17. The predicted molar refractivity (Wildman–Crippen MR) is 92.8 cm³/mol. The van der Waals surface area contributed by atoms with Gasteiger partial charge >= 0.3 is 13.2 Å². The molecule has 140 valence electrons. The molecule has 26 heavy (non-hydrogen) atoms. The van der Waals surface area contributed by atoms with E-state index in [0.29, 0.717) is 0 Å². The van der Waals surface area contributed by atoms with Gasteiger partial charge in [0.25, 0.3) is 0 Å². The van der Waals surface area contributed by atoms with Crippen LogP contribution in [0.1, 0.15) is 31.9 Å². The van der Waals surface area contributed by atoms with Gasteiger partial charge < -0.3 is 9.47 Å². The fraction of sp³-hybridized carbons (Fsp3) is 0.300. The van der Waals surface area contributed by atoms with Crippen molar-refractivity contribution in [3.8, 4) is 11.5 Å². The summed E-state index contributed by atoms with van der Waals surface area (Å²) in [7, 11) is 0. The van der Waals surface area contributed by atoms with Crippen LogP contribution in [0.25, 0.3) is 5.57 Å². The number of halogens is 4. The lowest BCUT2D eigenvalue weighted by Crippen LogP contribution is -2.14.